The monoisotopic (exact) mass is 771 g/mol. The van der Waals surface area contributed by atoms with E-state index >= 15 is 0 Å². The van der Waals surface area contributed by atoms with E-state index in [4.69, 9.17) is 30.6 Å². The normalized spacial score (nSPS) is 8.92. The van der Waals surface area contributed by atoms with E-state index in [1.165, 1.54) is 0 Å². The summed E-state index contributed by atoms with van der Waals surface area (Å²) in [4.78, 5) is 28.7. The van der Waals surface area contributed by atoms with Crippen LogP contribution in [0.2, 0.25) is 0 Å². The molecular weight excluding hydrogens is 753 g/mol. The predicted octanol–water partition coefficient (Wildman–Crippen LogP) is 3.56. The van der Waals surface area contributed by atoms with Crippen molar-refractivity contribution in [3.8, 4) is 34.5 Å². The van der Waals surface area contributed by atoms with Gasteiger partial charge >= 0.3 is 0 Å². The molecule has 15 nitrogen and oxygen atoms in total. The molecule has 6 N–H and O–H groups in total. The third-order valence-corrected chi connectivity index (χ3v) is 4.17. The smallest absolute Gasteiger partial charge is 0.220 e. The molecule has 39 heavy (non-hydrogen) atoms. The van der Waals surface area contributed by atoms with Crippen LogP contribution in [0.3, 0.4) is 0 Å². The van der Waals surface area contributed by atoms with Crippen molar-refractivity contribution in [1.82, 2.24) is 0 Å². The third kappa shape index (κ3) is 11.7. The number of nitro groups is 3. The van der Waals surface area contributed by atoms with Gasteiger partial charge in [0, 0.05) is 125 Å². The van der Waals surface area contributed by atoms with Crippen LogP contribution in [0.4, 0.5) is 17.1 Å². The summed E-state index contributed by atoms with van der Waals surface area (Å²) in [5.41, 5.74) is -1.01. The van der Waals surface area contributed by atoms with Crippen molar-refractivity contribution < 1.29 is 144 Å². The van der Waals surface area contributed by atoms with Gasteiger partial charge < -0.3 is 30.6 Å². The quantitative estimate of drug-likeness (QED) is 0.0968. The Kier molecular flexibility index (Phi) is 19.0. The zero-order valence-electron chi connectivity index (χ0n) is 19.8. The standard InChI is InChI=1S/3C7H6NO4.3Y/c1-4-2-6(9)7(10)3-5(4)8(11)12;1-4-2-5(8(11)12)3-6(9)7(4)10;1-4-5(8(11)12)2-3-6(9)7(4)10;;;/h3*2-3,9-10H,1H2;;;/q3*-1;;;. The maximum absolute atomic E-state index is 10.3. The molecular formula is C21H18N3O12Y3-3. The van der Waals surface area contributed by atoms with E-state index in [-0.39, 0.29) is 132 Å². The topological polar surface area (TPSA) is 251 Å². The number of nitro benzene ring substituents is 3. The first-order chi connectivity index (χ1) is 16.6. The van der Waals surface area contributed by atoms with Gasteiger partial charge in [0.2, 0.25) is 5.69 Å². The molecule has 0 aliphatic heterocycles. The number of hydrogen-bond donors (Lipinski definition) is 6. The molecule has 0 bridgehead atoms. The van der Waals surface area contributed by atoms with E-state index in [0.717, 1.165) is 36.4 Å². The Morgan fingerprint density at radius 3 is 1.46 bits per heavy atom. The van der Waals surface area contributed by atoms with Crippen molar-refractivity contribution in [1.29, 1.82) is 0 Å². The van der Waals surface area contributed by atoms with E-state index < -0.39 is 49.3 Å². The van der Waals surface area contributed by atoms with Crippen LogP contribution in [-0.4, -0.2) is 45.4 Å². The molecule has 3 radical (unpaired) electrons. The number of phenolic OH excluding ortho intramolecular Hbond substituents is 6. The van der Waals surface area contributed by atoms with Crippen LogP contribution in [0.15, 0.2) is 36.4 Å². The maximum atomic E-state index is 10.3. The zero-order valence-corrected chi connectivity index (χ0v) is 28.3. The molecule has 3 rings (SSSR count). The molecule has 201 valence electrons. The van der Waals surface area contributed by atoms with Gasteiger partial charge in [0.15, 0.2) is 11.4 Å². The molecule has 0 aliphatic carbocycles. The molecule has 0 saturated carbocycles. The van der Waals surface area contributed by atoms with Crippen LogP contribution < -0.4 is 0 Å². The zero-order chi connectivity index (χ0) is 27.9. The summed E-state index contributed by atoms with van der Waals surface area (Å²) in [6.45, 7) is 9.89. The van der Waals surface area contributed by atoms with Gasteiger partial charge in [0.25, 0.3) is 0 Å². The average molecular weight is 771 g/mol. The van der Waals surface area contributed by atoms with Gasteiger partial charge in [-0.3, -0.25) is 30.3 Å². The molecule has 0 atom stereocenters. The molecule has 0 heterocycles. The van der Waals surface area contributed by atoms with Crippen molar-refractivity contribution in [3.63, 3.8) is 0 Å². The Hall–Kier alpha value is -2.42. The van der Waals surface area contributed by atoms with Crippen LogP contribution in [-0.2, 0) is 98.1 Å². The summed E-state index contributed by atoms with van der Waals surface area (Å²) in [6, 6.07) is 5.96. The van der Waals surface area contributed by atoms with Crippen molar-refractivity contribution in [2.45, 2.75) is 0 Å². The van der Waals surface area contributed by atoms with E-state index in [2.05, 4.69) is 20.8 Å². The number of hydrogen-bond acceptors (Lipinski definition) is 12. The minimum Gasteiger partial charge on any atom is -0.561 e. The van der Waals surface area contributed by atoms with Gasteiger partial charge in [-0.2, -0.15) is 20.8 Å². The van der Waals surface area contributed by atoms with Crippen LogP contribution in [0, 0.1) is 51.1 Å². The Bertz CT molecular complexity index is 1300. The number of aromatic hydroxyl groups is 6. The summed E-state index contributed by atoms with van der Waals surface area (Å²) >= 11 is 0. The second-order valence-corrected chi connectivity index (χ2v) is 6.64. The minimum atomic E-state index is -0.679. The van der Waals surface area contributed by atoms with Gasteiger partial charge in [-0.05, 0) is 12.1 Å². The fourth-order valence-electron chi connectivity index (χ4n) is 2.33. The molecule has 0 spiro atoms. The Labute approximate surface area is 296 Å². The number of benzene rings is 3. The van der Waals surface area contributed by atoms with Crippen LogP contribution in [0.25, 0.3) is 0 Å². The molecule has 0 aromatic heterocycles. The van der Waals surface area contributed by atoms with Crippen molar-refractivity contribution in [2.75, 3.05) is 0 Å². The SMILES string of the molecule is [CH2-]c1c([N+](=O)[O-])ccc(O)c1O.[CH2-]c1cc(O)c(O)cc1[N+](=O)[O-].[CH2-]c1cc([N+](=O)[O-])cc(O)c1O.[Y].[Y].[Y]. The first kappa shape index (κ1) is 41.1. The van der Waals surface area contributed by atoms with Crippen molar-refractivity contribution in [2.24, 2.45) is 0 Å². The second-order valence-electron chi connectivity index (χ2n) is 6.64. The molecule has 0 unspecified atom stereocenters. The predicted molar refractivity (Wildman–Crippen MR) is 123 cm³/mol. The van der Waals surface area contributed by atoms with Crippen LogP contribution in [0.5, 0.6) is 34.5 Å². The van der Waals surface area contributed by atoms with E-state index in [1.54, 1.807) is 0 Å². The number of rotatable bonds is 3. The summed E-state index contributed by atoms with van der Waals surface area (Å²) in [5, 5.41) is 84.3. The maximum Gasteiger partial charge on any atom is 0.220 e. The van der Waals surface area contributed by atoms with Crippen molar-refractivity contribution in [3.05, 3.63) is 104 Å². The Balaban J connectivity index is -0.000000480. The molecule has 3 aromatic carbocycles. The largest absolute Gasteiger partial charge is 0.561 e. The summed E-state index contributed by atoms with van der Waals surface area (Å²) < 4.78 is 0. The van der Waals surface area contributed by atoms with Crippen LogP contribution >= 0.6 is 0 Å². The van der Waals surface area contributed by atoms with E-state index in [0.29, 0.717) is 0 Å². The third-order valence-electron chi connectivity index (χ3n) is 4.17. The molecule has 18 heteroatoms. The summed E-state index contributed by atoms with van der Waals surface area (Å²) in [5.74, 6) is -2.86. The summed E-state index contributed by atoms with van der Waals surface area (Å²) in [7, 11) is 0. The van der Waals surface area contributed by atoms with Crippen LogP contribution in [0.1, 0.15) is 16.7 Å². The van der Waals surface area contributed by atoms with Crippen molar-refractivity contribution >= 4 is 17.1 Å². The van der Waals surface area contributed by atoms with Gasteiger partial charge in [-0.15, -0.1) is 17.2 Å². The minimum absolute atomic E-state index is 0. The molecule has 0 saturated heterocycles. The second kappa shape index (κ2) is 18.0. The number of non-ortho nitro benzene ring substituents is 1. The van der Waals surface area contributed by atoms with E-state index in [1.807, 2.05) is 0 Å². The molecule has 0 amide bonds. The van der Waals surface area contributed by atoms with Gasteiger partial charge in [-0.1, -0.05) is 11.6 Å². The average Bonchev–Trinajstić information content (AvgIpc) is 2.78. The number of phenols is 6. The number of nitrogens with zero attached hydrogens (tertiary/aromatic N) is 3. The van der Waals surface area contributed by atoms with Gasteiger partial charge in [-0.25, -0.2) is 0 Å². The molecule has 0 fully saturated rings. The van der Waals surface area contributed by atoms with E-state index in [9.17, 15) is 30.3 Å². The molecule has 0 aliphatic rings. The van der Waals surface area contributed by atoms with Gasteiger partial charge in [0.05, 0.1) is 11.5 Å². The Morgan fingerprint density at radius 2 is 1.03 bits per heavy atom. The first-order valence-electron chi connectivity index (χ1n) is 9.14. The fourth-order valence-corrected chi connectivity index (χ4v) is 2.33. The molecule has 3 aromatic rings. The fraction of sp³-hybridized carbons (Fsp3) is 0. The first-order valence-corrected chi connectivity index (χ1v) is 9.14. The Morgan fingerprint density at radius 1 is 0.538 bits per heavy atom. The summed E-state index contributed by atoms with van der Waals surface area (Å²) in [6.07, 6.45) is 0. The van der Waals surface area contributed by atoms with Gasteiger partial charge in [0.1, 0.15) is 23.0 Å².